The Bertz CT molecular complexity index is 1450. The van der Waals surface area contributed by atoms with Crippen molar-refractivity contribution in [2.45, 2.75) is 0 Å². The van der Waals surface area contributed by atoms with Crippen LogP contribution in [0.15, 0.2) is 70.8 Å². The van der Waals surface area contributed by atoms with Gasteiger partial charge in [0, 0.05) is 24.4 Å². The van der Waals surface area contributed by atoms with Crippen LogP contribution in [0.25, 0.3) is 27.6 Å². The lowest BCUT2D eigenvalue weighted by molar-refractivity contribution is 0.102. The van der Waals surface area contributed by atoms with Gasteiger partial charge in [0.15, 0.2) is 11.5 Å². The van der Waals surface area contributed by atoms with Gasteiger partial charge in [-0.05, 0) is 41.8 Å². The van der Waals surface area contributed by atoms with E-state index in [0.29, 0.717) is 17.2 Å². The number of aromatic nitrogens is 6. The van der Waals surface area contributed by atoms with Crippen molar-refractivity contribution in [3.05, 3.63) is 82.1 Å². The van der Waals surface area contributed by atoms with Gasteiger partial charge in [0.1, 0.15) is 5.69 Å². The average Bonchev–Trinajstić information content (AvgIpc) is 3.45. The Kier molecular flexibility index (Phi) is 4.60. The Morgan fingerprint density at radius 2 is 1.81 bits per heavy atom. The zero-order valence-corrected chi connectivity index (χ0v) is 17.1. The van der Waals surface area contributed by atoms with Crippen molar-refractivity contribution in [1.29, 1.82) is 0 Å². The molecular weight excluding hydrogens is 414 g/mol. The van der Waals surface area contributed by atoms with Crippen LogP contribution < -0.4 is 10.9 Å². The van der Waals surface area contributed by atoms with Gasteiger partial charge in [0.2, 0.25) is 0 Å². The van der Waals surface area contributed by atoms with E-state index in [0.717, 1.165) is 20.8 Å². The van der Waals surface area contributed by atoms with E-state index < -0.39 is 5.91 Å². The molecule has 9 nitrogen and oxygen atoms in total. The number of carbonyl (C=O) groups is 1. The summed E-state index contributed by atoms with van der Waals surface area (Å²) in [6.45, 7) is 0. The van der Waals surface area contributed by atoms with E-state index >= 15 is 0 Å². The van der Waals surface area contributed by atoms with Gasteiger partial charge < -0.3 is 5.32 Å². The normalized spacial score (nSPS) is 11.0. The number of nitrogens with zero attached hydrogens (tertiary/aromatic N) is 6. The van der Waals surface area contributed by atoms with E-state index in [9.17, 15) is 9.59 Å². The topological polar surface area (TPSA) is 107 Å². The maximum absolute atomic E-state index is 12.4. The molecular formula is C21H15N7O2S. The fourth-order valence-corrected chi connectivity index (χ4v) is 3.74. The lowest BCUT2D eigenvalue weighted by atomic mass is 10.1. The molecule has 4 heterocycles. The first-order valence-electron chi connectivity index (χ1n) is 9.31. The van der Waals surface area contributed by atoms with Crippen molar-refractivity contribution in [2.75, 3.05) is 5.32 Å². The fraction of sp³-hybridized carbons (Fsp3) is 0.0476. The number of carbonyl (C=O) groups excluding carboxylic acids is 1. The SMILES string of the molecule is Cn1nc(C(=O)Nc2ccc(-c3ccc4nnc(-c5cccs5)n4n3)cc2)ccc1=O. The predicted octanol–water partition coefficient (Wildman–Crippen LogP) is 2.87. The van der Waals surface area contributed by atoms with E-state index in [-0.39, 0.29) is 11.3 Å². The zero-order chi connectivity index (χ0) is 21.4. The molecule has 0 unspecified atom stereocenters. The maximum atomic E-state index is 12.4. The summed E-state index contributed by atoms with van der Waals surface area (Å²) < 4.78 is 2.84. The van der Waals surface area contributed by atoms with Gasteiger partial charge in [0.25, 0.3) is 11.5 Å². The summed E-state index contributed by atoms with van der Waals surface area (Å²) >= 11 is 1.58. The lowest BCUT2D eigenvalue weighted by Gasteiger charge is -2.07. The van der Waals surface area contributed by atoms with Crippen molar-refractivity contribution >= 4 is 28.6 Å². The minimum absolute atomic E-state index is 0.159. The van der Waals surface area contributed by atoms with Gasteiger partial charge in [-0.15, -0.1) is 21.5 Å². The van der Waals surface area contributed by atoms with Crippen molar-refractivity contribution in [3.8, 4) is 22.0 Å². The molecule has 10 heteroatoms. The Balaban J connectivity index is 1.40. The first-order valence-corrected chi connectivity index (χ1v) is 10.2. The van der Waals surface area contributed by atoms with Gasteiger partial charge >= 0.3 is 0 Å². The number of rotatable bonds is 4. The highest BCUT2D eigenvalue weighted by Gasteiger charge is 2.12. The van der Waals surface area contributed by atoms with E-state index in [1.54, 1.807) is 28.0 Å². The summed E-state index contributed by atoms with van der Waals surface area (Å²) in [4.78, 5) is 24.8. The Labute approximate surface area is 179 Å². The van der Waals surface area contributed by atoms with Crippen LogP contribution in [0.4, 0.5) is 5.69 Å². The number of anilines is 1. The van der Waals surface area contributed by atoms with Crippen molar-refractivity contribution in [1.82, 2.24) is 29.6 Å². The maximum Gasteiger partial charge on any atom is 0.276 e. The minimum Gasteiger partial charge on any atom is -0.321 e. The van der Waals surface area contributed by atoms with Crippen LogP contribution in [0.5, 0.6) is 0 Å². The van der Waals surface area contributed by atoms with Crippen LogP contribution >= 0.6 is 11.3 Å². The van der Waals surface area contributed by atoms with Crippen LogP contribution in [0, 0.1) is 0 Å². The molecule has 4 aromatic heterocycles. The van der Waals surface area contributed by atoms with Gasteiger partial charge in [-0.3, -0.25) is 9.59 Å². The molecule has 1 N–H and O–H groups in total. The van der Waals surface area contributed by atoms with Gasteiger partial charge in [-0.1, -0.05) is 18.2 Å². The van der Waals surface area contributed by atoms with Crippen LogP contribution in [0.1, 0.15) is 10.5 Å². The molecule has 0 fully saturated rings. The third-order valence-corrected chi connectivity index (χ3v) is 5.50. The van der Waals surface area contributed by atoms with Crippen LogP contribution in [-0.4, -0.2) is 35.5 Å². The smallest absolute Gasteiger partial charge is 0.276 e. The third kappa shape index (κ3) is 3.60. The molecule has 0 aliphatic rings. The average molecular weight is 429 g/mol. The van der Waals surface area contributed by atoms with Gasteiger partial charge in [-0.2, -0.15) is 14.7 Å². The highest BCUT2D eigenvalue weighted by atomic mass is 32.1. The Morgan fingerprint density at radius 1 is 0.968 bits per heavy atom. The molecule has 152 valence electrons. The van der Waals surface area contributed by atoms with E-state index in [2.05, 4.69) is 25.7 Å². The molecule has 31 heavy (non-hydrogen) atoms. The third-order valence-electron chi connectivity index (χ3n) is 4.64. The molecule has 5 aromatic rings. The highest BCUT2D eigenvalue weighted by Crippen LogP contribution is 2.25. The number of amides is 1. The number of hydrogen-bond acceptors (Lipinski definition) is 7. The van der Waals surface area contributed by atoms with Crippen LogP contribution in [0.2, 0.25) is 0 Å². The number of benzene rings is 1. The Morgan fingerprint density at radius 3 is 2.55 bits per heavy atom. The van der Waals surface area contributed by atoms with Gasteiger partial charge in [0.05, 0.1) is 10.6 Å². The first kappa shape index (κ1) is 18.8. The Hall–Kier alpha value is -4.18. The quantitative estimate of drug-likeness (QED) is 0.471. The van der Waals surface area contributed by atoms with Crippen LogP contribution in [0.3, 0.4) is 0 Å². The van der Waals surface area contributed by atoms with E-state index in [1.165, 1.54) is 19.2 Å². The molecule has 0 bridgehead atoms. The largest absolute Gasteiger partial charge is 0.321 e. The summed E-state index contributed by atoms with van der Waals surface area (Å²) in [7, 11) is 1.50. The highest BCUT2D eigenvalue weighted by molar-refractivity contribution is 7.13. The molecule has 0 aliphatic heterocycles. The molecule has 0 atom stereocenters. The number of hydrogen-bond donors (Lipinski definition) is 1. The summed E-state index contributed by atoms with van der Waals surface area (Å²) in [6, 6.07) is 17.7. The number of thiophene rings is 1. The first-order chi connectivity index (χ1) is 15.1. The molecule has 5 rings (SSSR count). The summed E-state index contributed by atoms with van der Waals surface area (Å²) in [6.07, 6.45) is 0. The molecule has 0 aliphatic carbocycles. The summed E-state index contributed by atoms with van der Waals surface area (Å²) in [5.74, 6) is 0.300. The molecule has 0 saturated carbocycles. The lowest BCUT2D eigenvalue weighted by Crippen LogP contribution is -2.23. The van der Waals surface area contributed by atoms with Gasteiger partial charge in [-0.25, -0.2) is 4.68 Å². The fourth-order valence-electron chi connectivity index (χ4n) is 3.05. The molecule has 1 aromatic carbocycles. The number of aryl methyl sites for hydroxylation is 1. The standard InChI is InChI=1S/C21H15N7O2S/c1-27-19(29)11-9-16(25-27)21(30)22-14-6-4-13(5-7-14)15-8-10-18-23-24-20(28(18)26-15)17-3-2-12-31-17/h2-12H,1H3,(H,22,30). The second-order valence-electron chi connectivity index (χ2n) is 6.70. The predicted molar refractivity (Wildman–Crippen MR) is 117 cm³/mol. The number of fused-ring (bicyclic) bond motifs is 1. The zero-order valence-electron chi connectivity index (χ0n) is 16.3. The van der Waals surface area contributed by atoms with Crippen molar-refractivity contribution in [2.24, 2.45) is 7.05 Å². The number of nitrogens with one attached hydrogen (secondary N) is 1. The molecule has 0 radical (unpaired) electrons. The minimum atomic E-state index is -0.395. The van der Waals surface area contributed by atoms with Crippen molar-refractivity contribution in [3.63, 3.8) is 0 Å². The second kappa shape index (κ2) is 7.58. The molecule has 1 amide bonds. The van der Waals surface area contributed by atoms with E-state index in [1.807, 2.05) is 41.8 Å². The van der Waals surface area contributed by atoms with E-state index in [4.69, 9.17) is 0 Å². The molecule has 0 spiro atoms. The summed E-state index contributed by atoms with van der Waals surface area (Å²) in [5, 5.41) is 21.8. The molecule has 0 saturated heterocycles. The van der Waals surface area contributed by atoms with Crippen LogP contribution in [-0.2, 0) is 7.05 Å². The van der Waals surface area contributed by atoms with Crippen molar-refractivity contribution < 1.29 is 4.79 Å². The second-order valence-corrected chi connectivity index (χ2v) is 7.65. The monoisotopic (exact) mass is 429 g/mol. The summed E-state index contributed by atoms with van der Waals surface area (Å²) in [5.41, 5.74) is 2.79.